The topological polar surface area (TPSA) is 32.3 Å². The number of hydrogen-bond acceptors (Lipinski definition) is 2. The minimum absolute atomic E-state index is 0.0325. The van der Waals surface area contributed by atoms with Crippen molar-refractivity contribution in [1.82, 2.24) is 10.2 Å². The van der Waals surface area contributed by atoms with Gasteiger partial charge in [-0.2, -0.15) is 0 Å². The minimum atomic E-state index is 0.0325. The number of likely N-dealkylation sites (tertiary alicyclic amines) is 1. The van der Waals surface area contributed by atoms with Crippen LogP contribution in [0.15, 0.2) is 54.6 Å². The Morgan fingerprint density at radius 2 is 2.00 bits per heavy atom. The monoisotopic (exact) mass is 406 g/mol. The van der Waals surface area contributed by atoms with Crippen molar-refractivity contribution in [2.75, 3.05) is 13.1 Å². The van der Waals surface area contributed by atoms with Gasteiger partial charge < -0.3 is 5.32 Å². The first-order valence-electron chi connectivity index (χ1n) is 7.53. The number of benzene rings is 2. The highest BCUT2D eigenvalue weighted by Gasteiger charge is 2.24. The second kappa shape index (κ2) is 7.24. The third-order valence-electron chi connectivity index (χ3n) is 3.94. The first kappa shape index (κ1) is 15.5. The van der Waals surface area contributed by atoms with E-state index in [9.17, 15) is 4.79 Å². The molecule has 1 fully saturated rings. The van der Waals surface area contributed by atoms with Crippen LogP contribution in [0, 0.1) is 3.57 Å². The fourth-order valence-corrected chi connectivity index (χ4v) is 3.38. The molecule has 0 aromatic heterocycles. The Labute approximate surface area is 144 Å². The zero-order valence-electron chi connectivity index (χ0n) is 12.3. The molecule has 0 bridgehead atoms. The summed E-state index contributed by atoms with van der Waals surface area (Å²) < 4.78 is 1.09. The van der Waals surface area contributed by atoms with Crippen LogP contribution in [0.4, 0.5) is 0 Å². The van der Waals surface area contributed by atoms with Gasteiger partial charge in [-0.3, -0.25) is 9.69 Å². The van der Waals surface area contributed by atoms with Crippen LogP contribution in [0.5, 0.6) is 0 Å². The van der Waals surface area contributed by atoms with E-state index in [0.717, 1.165) is 35.2 Å². The predicted octanol–water partition coefficient (Wildman–Crippen LogP) is 3.30. The van der Waals surface area contributed by atoms with Crippen LogP contribution in [-0.2, 0) is 6.54 Å². The van der Waals surface area contributed by atoms with Gasteiger partial charge in [0.05, 0.1) is 0 Å². The van der Waals surface area contributed by atoms with Crippen molar-refractivity contribution < 1.29 is 4.79 Å². The summed E-state index contributed by atoms with van der Waals surface area (Å²) in [4.78, 5) is 14.7. The number of hydrogen-bond donors (Lipinski definition) is 1. The number of halogens is 1. The van der Waals surface area contributed by atoms with E-state index >= 15 is 0 Å². The third kappa shape index (κ3) is 4.08. The zero-order chi connectivity index (χ0) is 15.4. The fraction of sp³-hybridized carbons (Fsp3) is 0.278. The summed E-state index contributed by atoms with van der Waals surface area (Å²) in [5.41, 5.74) is 2.07. The first-order chi connectivity index (χ1) is 10.7. The smallest absolute Gasteiger partial charge is 0.251 e. The van der Waals surface area contributed by atoms with Gasteiger partial charge in [0.15, 0.2) is 0 Å². The summed E-state index contributed by atoms with van der Waals surface area (Å²) in [6.45, 7) is 2.91. The molecule has 1 N–H and O–H groups in total. The maximum absolute atomic E-state index is 12.3. The van der Waals surface area contributed by atoms with E-state index in [-0.39, 0.29) is 11.9 Å². The maximum Gasteiger partial charge on any atom is 0.251 e. The summed E-state index contributed by atoms with van der Waals surface area (Å²) >= 11 is 2.23. The Kier molecular flexibility index (Phi) is 5.10. The Balaban J connectivity index is 1.54. The Hall–Kier alpha value is -1.40. The molecule has 1 atom stereocenters. The van der Waals surface area contributed by atoms with Gasteiger partial charge in [0.1, 0.15) is 0 Å². The number of carbonyl (C=O) groups excluding carboxylic acids is 1. The lowest BCUT2D eigenvalue weighted by Crippen LogP contribution is -2.37. The van der Waals surface area contributed by atoms with Crippen molar-refractivity contribution >= 4 is 28.5 Å². The van der Waals surface area contributed by atoms with E-state index in [4.69, 9.17) is 0 Å². The molecule has 2 aromatic rings. The molecule has 0 aliphatic carbocycles. The lowest BCUT2D eigenvalue weighted by Gasteiger charge is -2.17. The van der Waals surface area contributed by atoms with Crippen LogP contribution in [0.3, 0.4) is 0 Å². The lowest BCUT2D eigenvalue weighted by atomic mass is 10.2. The van der Waals surface area contributed by atoms with Crippen LogP contribution in [0.2, 0.25) is 0 Å². The zero-order valence-corrected chi connectivity index (χ0v) is 14.5. The fourth-order valence-electron chi connectivity index (χ4n) is 2.83. The summed E-state index contributed by atoms with van der Waals surface area (Å²) in [5, 5.41) is 3.15. The van der Waals surface area contributed by atoms with Gasteiger partial charge in [0, 0.05) is 34.8 Å². The molecule has 22 heavy (non-hydrogen) atoms. The van der Waals surface area contributed by atoms with Gasteiger partial charge in [0.25, 0.3) is 5.91 Å². The molecule has 1 aliphatic heterocycles. The minimum Gasteiger partial charge on any atom is -0.348 e. The largest absolute Gasteiger partial charge is 0.348 e. The molecule has 0 spiro atoms. The summed E-state index contributed by atoms with van der Waals surface area (Å²) in [6.07, 6.45) is 1.02. The maximum atomic E-state index is 12.3. The van der Waals surface area contributed by atoms with E-state index in [2.05, 4.69) is 57.1 Å². The van der Waals surface area contributed by atoms with E-state index in [1.165, 1.54) is 5.56 Å². The molecule has 1 saturated heterocycles. The van der Waals surface area contributed by atoms with Gasteiger partial charge in [-0.05, 0) is 52.8 Å². The Morgan fingerprint density at radius 3 is 2.77 bits per heavy atom. The standard InChI is InChI=1S/C18H19IN2O/c19-16-8-4-7-15(11-16)18(22)20-17-9-10-21(13-17)12-14-5-2-1-3-6-14/h1-8,11,17H,9-10,12-13H2,(H,20,22). The van der Waals surface area contributed by atoms with Crippen LogP contribution < -0.4 is 5.32 Å². The lowest BCUT2D eigenvalue weighted by molar-refractivity contribution is 0.0937. The quantitative estimate of drug-likeness (QED) is 0.791. The molecule has 0 radical (unpaired) electrons. The predicted molar refractivity (Wildman–Crippen MR) is 96.7 cm³/mol. The molecule has 0 saturated carbocycles. The van der Waals surface area contributed by atoms with Gasteiger partial charge in [0.2, 0.25) is 0 Å². The molecule has 1 amide bonds. The van der Waals surface area contributed by atoms with Crippen molar-refractivity contribution in [3.8, 4) is 0 Å². The van der Waals surface area contributed by atoms with Crippen molar-refractivity contribution in [1.29, 1.82) is 0 Å². The number of amides is 1. The summed E-state index contributed by atoms with van der Waals surface area (Å²) in [7, 11) is 0. The number of nitrogens with one attached hydrogen (secondary N) is 1. The molecular weight excluding hydrogens is 387 g/mol. The van der Waals surface area contributed by atoms with Crippen LogP contribution >= 0.6 is 22.6 Å². The molecule has 1 unspecified atom stereocenters. The highest BCUT2D eigenvalue weighted by atomic mass is 127. The average molecular weight is 406 g/mol. The van der Waals surface area contributed by atoms with Crippen molar-refractivity contribution in [3.05, 3.63) is 69.3 Å². The van der Waals surface area contributed by atoms with Crippen molar-refractivity contribution in [3.63, 3.8) is 0 Å². The van der Waals surface area contributed by atoms with E-state index in [1.54, 1.807) is 0 Å². The summed E-state index contributed by atoms with van der Waals surface area (Å²) in [5.74, 6) is 0.0325. The molecule has 3 nitrogen and oxygen atoms in total. The first-order valence-corrected chi connectivity index (χ1v) is 8.61. The van der Waals surface area contributed by atoms with E-state index in [0.29, 0.717) is 0 Å². The molecule has 1 heterocycles. The van der Waals surface area contributed by atoms with Crippen LogP contribution in [-0.4, -0.2) is 29.9 Å². The second-order valence-electron chi connectivity index (χ2n) is 5.69. The highest BCUT2D eigenvalue weighted by molar-refractivity contribution is 14.1. The van der Waals surface area contributed by atoms with E-state index in [1.807, 2.05) is 30.3 Å². The molecular formula is C18H19IN2O. The van der Waals surface area contributed by atoms with Gasteiger partial charge in [-0.15, -0.1) is 0 Å². The van der Waals surface area contributed by atoms with Crippen molar-refractivity contribution in [2.24, 2.45) is 0 Å². The normalized spacial score (nSPS) is 18.3. The second-order valence-corrected chi connectivity index (χ2v) is 6.94. The SMILES string of the molecule is O=C(NC1CCN(Cc2ccccc2)C1)c1cccc(I)c1. The van der Waals surface area contributed by atoms with Gasteiger partial charge >= 0.3 is 0 Å². The highest BCUT2D eigenvalue weighted by Crippen LogP contribution is 2.14. The number of carbonyl (C=O) groups is 1. The average Bonchev–Trinajstić information content (AvgIpc) is 2.95. The summed E-state index contributed by atoms with van der Waals surface area (Å²) in [6, 6.07) is 18.4. The molecule has 3 rings (SSSR count). The Morgan fingerprint density at radius 1 is 1.18 bits per heavy atom. The van der Waals surface area contributed by atoms with Gasteiger partial charge in [-0.1, -0.05) is 36.4 Å². The van der Waals surface area contributed by atoms with Crippen molar-refractivity contribution in [2.45, 2.75) is 19.0 Å². The number of rotatable bonds is 4. The van der Waals surface area contributed by atoms with Gasteiger partial charge in [-0.25, -0.2) is 0 Å². The molecule has 114 valence electrons. The Bertz CT molecular complexity index is 645. The molecule has 2 aromatic carbocycles. The van der Waals surface area contributed by atoms with E-state index < -0.39 is 0 Å². The molecule has 4 heteroatoms. The van der Waals surface area contributed by atoms with Crippen LogP contribution in [0.1, 0.15) is 22.3 Å². The van der Waals surface area contributed by atoms with Crippen LogP contribution in [0.25, 0.3) is 0 Å². The number of nitrogens with zero attached hydrogens (tertiary/aromatic N) is 1. The third-order valence-corrected chi connectivity index (χ3v) is 4.61. The molecule has 1 aliphatic rings.